The second-order valence-corrected chi connectivity index (χ2v) is 12.2. The van der Waals surface area contributed by atoms with Crippen molar-refractivity contribution < 1.29 is 18.3 Å². The Hall–Kier alpha value is -0.512. The Bertz CT molecular complexity index is 497. The second kappa shape index (κ2) is 4.56. The molecule has 0 radical (unpaired) electrons. The fraction of sp³-hybridized carbons (Fsp3) is 0.125. The van der Waals surface area contributed by atoms with Gasteiger partial charge in [-0.25, -0.2) is 0 Å². The molecule has 1 aromatic carbocycles. The van der Waals surface area contributed by atoms with Gasteiger partial charge in [0.15, 0.2) is 0 Å². The third kappa shape index (κ3) is 3.86. The van der Waals surface area contributed by atoms with E-state index >= 15 is 0 Å². The second-order valence-electron chi connectivity index (χ2n) is 2.87. The average Bonchev–Trinajstić information content (AvgIpc) is 1.99. The SMILES string of the molecule is CS(=O)(=O)[AsH]c1ccc(C(=O)O)c(Cl)c1. The van der Waals surface area contributed by atoms with Gasteiger partial charge in [0, 0.05) is 0 Å². The zero-order valence-electron chi connectivity index (χ0n) is 7.69. The van der Waals surface area contributed by atoms with Gasteiger partial charge in [-0.15, -0.1) is 0 Å². The fourth-order valence-electron chi connectivity index (χ4n) is 0.966. The van der Waals surface area contributed by atoms with Gasteiger partial charge >= 0.3 is 98.0 Å². The van der Waals surface area contributed by atoms with Gasteiger partial charge in [0.1, 0.15) is 0 Å². The number of aromatic carboxylic acids is 1. The van der Waals surface area contributed by atoms with E-state index in [1.54, 1.807) is 0 Å². The first kappa shape index (κ1) is 12.6. The van der Waals surface area contributed by atoms with Crippen LogP contribution in [0.4, 0.5) is 0 Å². The van der Waals surface area contributed by atoms with Crippen LogP contribution in [0.15, 0.2) is 18.2 Å². The maximum atomic E-state index is 11.0. The molecule has 0 bridgehead atoms. The molecule has 0 fully saturated rings. The van der Waals surface area contributed by atoms with Gasteiger partial charge in [-0.2, -0.15) is 0 Å². The zero-order valence-corrected chi connectivity index (χ0v) is 11.4. The summed E-state index contributed by atoms with van der Waals surface area (Å²) in [5, 5.41) is 8.77. The molecule has 0 saturated heterocycles. The molecule has 0 amide bonds. The van der Waals surface area contributed by atoms with Crippen LogP contribution in [-0.4, -0.2) is 40.3 Å². The van der Waals surface area contributed by atoms with Crippen LogP contribution in [-0.2, 0) is 8.10 Å². The van der Waals surface area contributed by atoms with E-state index in [1.165, 1.54) is 18.2 Å². The first-order chi connectivity index (χ1) is 6.79. The van der Waals surface area contributed by atoms with E-state index in [0.29, 0.717) is 4.35 Å². The number of carbonyl (C=O) groups is 1. The Kier molecular flexibility index (Phi) is 3.81. The van der Waals surface area contributed by atoms with Crippen molar-refractivity contribution in [2.75, 3.05) is 6.26 Å². The maximum absolute atomic E-state index is 11.0. The third-order valence-electron chi connectivity index (χ3n) is 1.50. The molecular formula is C8H8AsClO4S. The molecule has 0 heterocycles. The number of carboxylic acids is 1. The van der Waals surface area contributed by atoms with E-state index in [2.05, 4.69) is 0 Å². The van der Waals surface area contributed by atoms with Crippen molar-refractivity contribution in [3.63, 3.8) is 0 Å². The number of benzene rings is 1. The van der Waals surface area contributed by atoms with Crippen molar-refractivity contribution in [3.8, 4) is 0 Å². The summed E-state index contributed by atoms with van der Waals surface area (Å²) in [6.07, 6.45) is 1.16. The van der Waals surface area contributed by atoms with Crippen molar-refractivity contribution in [3.05, 3.63) is 28.8 Å². The number of rotatable bonds is 3. The molecule has 1 rings (SSSR count). The van der Waals surface area contributed by atoms with Gasteiger partial charge in [-0.1, -0.05) is 0 Å². The molecule has 1 unspecified atom stereocenters. The van der Waals surface area contributed by atoms with E-state index in [1.807, 2.05) is 0 Å². The summed E-state index contributed by atoms with van der Waals surface area (Å²) in [6.45, 7) is 0. The molecule has 4 nitrogen and oxygen atoms in total. The van der Waals surface area contributed by atoms with E-state index in [0.717, 1.165) is 6.26 Å². The molecule has 0 aliphatic rings. The molecule has 15 heavy (non-hydrogen) atoms. The molecule has 1 N–H and O–H groups in total. The Morgan fingerprint density at radius 1 is 1.47 bits per heavy atom. The third-order valence-corrected chi connectivity index (χ3v) is 6.89. The molecule has 1 aromatic rings. The zero-order chi connectivity index (χ0) is 11.6. The monoisotopic (exact) mass is 310 g/mol. The van der Waals surface area contributed by atoms with Gasteiger partial charge in [-0.05, 0) is 0 Å². The van der Waals surface area contributed by atoms with Gasteiger partial charge in [0.25, 0.3) is 0 Å². The van der Waals surface area contributed by atoms with Gasteiger partial charge in [-0.3, -0.25) is 0 Å². The average molecular weight is 311 g/mol. The first-order valence-electron chi connectivity index (χ1n) is 3.80. The minimum absolute atomic E-state index is 0.0134. The van der Waals surface area contributed by atoms with Crippen LogP contribution < -0.4 is 4.35 Å². The van der Waals surface area contributed by atoms with Gasteiger partial charge in [0.05, 0.1) is 0 Å². The number of hydrogen-bond acceptors (Lipinski definition) is 3. The Labute approximate surface area is 97.8 Å². The van der Waals surface area contributed by atoms with Crippen LogP contribution in [0.1, 0.15) is 10.4 Å². The van der Waals surface area contributed by atoms with Crippen molar-refractivity contribution in [2.45, 2.75) is 0 Å². The predicted molar refractivity (Wildman–Crippen MR) is 60.0 cm³/mol. The molecule has 0 spiro atoms. The minimum atomic E-state index is -3.01. The summed E-state index contributed by atoms with van der Waals surface area (Å²) < 4.78 is 22.7. The van der Waals surface area contributed by atoms with E-state index < -0.39 is 28.7 Å². The summed E-state index contributed by atoms with van der Waals surface area (Å²) in [6, 6.07) is 4.23. The van der Waals surface area contributed by atoms with Crippen LogP contribution in [0.25, 0.3) is 0 Å². The normalized spacial score (nSPS) is 12.1. The summed E-state index contributed by atoms with van der Waals surface area (Å²) in [5.41, 5.74) is -0.0134. The molecule has 0 aliphatic carbocycles. The summed E-state index contributed by atoms with van der Waals surface area (Å²) in [7, 11) is -3.01. The molecular weight excluding hydrogens is 303 g/mol. The Morgan fingerprint density at radius 3 is 2.47 bits per heavy atom. The van der Waals surface area contributed by atoms with Crippen molar-refractivity contribution in [1.82, 2.24) is 0 Å². The number of halogens is 1. The van der Waals surface area contributed by atoms with Gasteiger partial charge in [0.2, 0.25) is 0 Å². The molecule has 82 valence electrons. The molecule has 0 aliphatic heterocycles. The van der Waals surface area contributed by atoms with Crippen LogP contribution >= 0.6 is 11.6 Å². The standard InChI is InChI=1S/C8H8AsClO4S/c1-15(13,14)9-5-2-3-6(8(11)12)7(10)4-5/h2-4,9H,1H3,(H,11,12). The first-order valence-corrected chi connectivity index (χ1v) is 9.69. The number of hydrogen-bond donors (Lipinski definition) is 1. The topological polar surface area (TPSA) is 71.4 Å². The molecule has 0 aromatic heterocycles. The van der Waals surface area contributed by atoms with Crippen molar-refractivity contribution in [2.24, 2.45) is 0 Å². The van der Waals surface area contributed by atoms with Crippen LogP contribution in [0.2, 0.25) is 5.02 Å². The molecule has 1 atom stereocenters. The summed E-state index contributed by atoms with van der Waals surface area (Å²) >= 11 is 4.39. The van der Waals surface area contributed by atoms with Crippen molar-refractivity contribution >= 4 is 44.6 Å². The van der Waals surface area contributed by atoms with E-state index in [4.69, 9.17) is 16.7 Å². The summed E-state index contributed by atoms with van der Waals surface area (Å²) in [4.78, 5) is 10.6. The Morgan fingerprint density at radius 2 is 2.07 bits per heavy atom. The van der Waals surface area contributed by atoms with Crippen LogP contribution in [0.3, 0.4) is 0 Å². The predicted octanol–water partition coefficient (Wildman–Crippen LogP) is 0.0596. The van der Waals surface area contributed by atoms with Crippen molar-refractivity contribution in [1.29, 1.82) is 0 Å². The number of carboxylic acid groups (broad SMARTS) is 1. The van der Waals surface area contributed by atoms with E-state index in [-0.39, 0.29) is 10.6 Å². The van der Waals surface area contributed by atoms with Crippen LogP contribution in [0.5, 0.6) is 0 Å². The van der Waals surface area contributed by atoms with Gasteiger partial charge < -0.3 is 0 Å². The van der Waals surface area contributed by atoms with E-state index in [9.17, 15) is 13.2 Å². The molecule has 7 heteroatoms. The Balaban J connectivity index is 3.07. The van der Waals surface area contributed by atoms with Crippen LogP contribution in [0, 0.1) is 0 Å². The fourth-order valence-corrected chi connectivity index (χ4v) is 5.95. The molecule has 0 saturated carbocycles. The quantitative estimate of drug-likeness (QED) is 0.802. The summed E-state index contributed by atoms with van der Waals surface area (Å²) in [5.74, 6) is -1.12.